The van der Waals surface area contributed by atoms with Gasteiger partial charge in [0.25, 0.3) is 11.6 Å². The Balaban J connectivity index is 1.42. The monoisotopic (exact) mass is 412 g/mol. The molecule has 0 saturated carbocycles. The predicted octanol–water partition coefficient (Wildman–Crippen LogP) is 2.72. The largest absolute Gasteiger partial charge is 0.482 e. The lowest BCUT2D eigenvalue weighted by molar-refractivity contribution is -0.914. The van der Waals surface area contributed by atoms with Crippen LogP contribution < -0.4 is 20.1 Å². The summed E-state index contributed by atoms with van der Waals surface area (Å²) in [5, 5.41) is 14.7. The van der Waals surface area contributed by atoms with Crippen molar-refractivity contribution < 1.29 is 28.7 Å². The van der Waals surface area contributed by atoms with Gasteiger partial charge >= 0.3 is 6.03 Å². The van der Waals surface area contributed by atoms with Crippen LogP contribution in [0, 0.1) is 6.92 Å². The maximum atomic E-state index is 11.9. The van der Waals surface area contributed by atoms with Crippen LogP contribution in [-0.2, 0) is 11.4 Å². The molecule has 3 N–H and O–H groups in total. The number of aryl methyl sites for hydroxylation is 1. The van der Waals surface area contributed by atoms with Crippen LogP contribution in [0.25, 0.3) is 0 Å². The van der Waals surface area contributed by atoms with Gasteiger partial charge in [0.1, 0.15) is 11.5 Å². The molecule has 148 valence electrons. The molecule has 3 amide bonds. The summed E-state index contributed by atoms with van der Waals surface area (Å²) in [6.07, 6.45) is 1.49. The Kier molecular flexibility index (Phi) is 5.13. The zero-order valence-corrected chi connectivity index (χ0v) is 16.2. The quantitative estimate of drug-likeness (QED) is 0.327. The van der Waals surface area contributed by atoms with Gasteiger partial charge in [-0.1, -0.05) is 11.8 Å². The lowest BCUT2D eigenvalue weighted by Crippen LogP contribution is -2.38. The Hall–Kier alpha value is -3.46. The number of aromatic nitrogens is 1. The summed E-state index contributed by atoms with van der Waals surface area (Å²) >= 11 is 1.41. The number of urea groups is 1. The van der Waals surface area contributed by atoms with E-state index < -0.39 is 18.0 Å². The van der Waals surface area contributed by atoms with Crippen LogP contribution in [-0.4, -0.2) is 17.1 Å². The van der Waals surface area contributed by atoms with E-state index in [1.807, 2.05) is 30.3 Å². The molecule has 0 aliphatic carbocycles. The second-order valence-electron chi connectivity index (χ2n) is 6.38. The fraction of sp³-hybridized carbons (Fsp3) is 0.150. The number of furan rings is 1. The highest BCUT2D eigenvalue weighted by Crippen LogP contribution is 2.35. The number of hydrogen-bond donors (Lipinski definition) is 3. The first kappa shape index (κ1) is 18.9. The molecule has 1 unspecified atom stereocenters. The van der Waals surface area contributed by atoms with Crippen LogP contribution in [0.3, 0.4) is 0 Å². The number of hydrogen-bond acceptors (Lipinski definition) is 6. The van der Waals surface area contributed by atoms with E-state index >= 15 is 0 Å². The van der Waals surface area contributed by atoms with Gasteiger partial charge in [-0.3, -0.25) is 15.3 Å². The van der Waals surface area contributed by atoms with Gasteiger partial charge in [-0.15, -0.1) is 0 Å². The van der Waals surface area contributed by atoms with E-state index in [1.165, 1.54) is 18.0 Å². The number of carbonyl (C=O) groups excluding carboxylic acids is 2. The van der Waals surface area contributed by atoms with Crippen molar-refractivity contribution in [3.63, 3.8) is 0 Å². The van der Waals surface area contributed by atoms with Gasteiger partial charge in [0, 0.05) is 28.7 Å². The van der Waals surface area contributed by atoms with Gasteiger partial charge in [-0.2, -0.15) is 0 Å². The van der Waals surface area contributed by atoms with E-state index in [1.54, 1.807) is 25.1 Å². The average Bonchev–Trinajstić information content (AvgIpc) is 3.29. The Morgan fingerprint density at radius 1 is 1.17 bits per heavy atom. The second kappa shape index (κ2) is 7.88. The molecule has 8 nitrogen and oxygen atoms in total. The van der Waals surface area contributed by atoms with Crippen molar-refractivity contribution in [1.29, 1.82) is 0 Å². The van der Waals surface area contributed by atoms with Crippen LogP contribution in [0.15, 0.2) is 69.0 Å². The minimum atomic E-state index is -0.831. The van der Waals surface area contributed by atoms with Crippen molar-refractivity contribution in [2.45, 2.75) is 29.4 Å². The van der Waals surface area contributed by atoms with E-state index in [0.29, 0.717) is 17.2 Å². The maximum Gasteiger partial charge on any atom is 0.322 e. The summed E-state index contributed by atoms with van der Waals surface area (Å²) in [4.78, 5) is 24.9. The van der Waals surface area contributed by atoms with E-state index in [4.69, 9.17) is 9.15 Å². The molecule has 1 fully saturated rings. The molecule has 1 atom stereocenters. The highest BCUT2D eigenvalue weighted by Gasteiger charge is 2.35. The predicted molar refractivity (Wildman–Crippen MR) is 102 cm³/mol. The lowest BCUT2D eigenvalue weighted by Gasteiger charge is -2.08. The Bertz CT molecular complexity index is 1060. The normalized spacial score (nSPS) is 15.8. The smallest absolute Gasteiger partial charge is 0.322 e. The van der Waals surface area contributed by atoms with Crippen molar-refractivity contribution in [3.8, 4) is 5.75 Å². The molecule has 3 aromatic rings. The van der Waals surface area contributed by atoms with Gasteiger partial charge in [0.15, 0.2) is 12.6 Å². The van der Waals surface area contributed by atoms with Crippen molar-refractivity contribution >= 4 is 23.7 Å². The minimum Gasteiger partial charge on any atom is -0.482 e. The number of imide groups is 1. The minimum absolute atomic E-state index is 0.229. The highest BCUT2D eigenvalue weighted by atomic mass is 32.2. The summed E-state index contributed by atoms with van der Waals surface area (Å²) in [5.41, 5.74) is 1.37. The van der Waals surface area contributed by atoms with Gasteiger partial charge < -0.3 is 14.5 Å². The van der Waals surface area contributed by atoms with Crippen molar-refractivity contribution in [2.24, 2.45) is 0 Å². The first-order valence-electron chi connectivity index (χ1n) is 8.80. The number of pyridine rings is 1. The molecule has 3 heterocycles. The molecule has 1 aliphatic heterocycles. The van der Waals surface area contributed by atoms with Crippen LogP contribution in [0.2, 0.25) is 0 Å². The molecule has 1 aliphatic rings. The van der Waals surface area contributed by atoms with Crippen molar-refractivity contribution in [3.05, 3.63) is 71.9 Å². The third kappa shape index (κ3) is 4.04. The number of amides is 3. The number of ether oxygens (including phenoxy) is 1. The third-order valence-corrected chi connectivity index (χ3v) is 5.43. The van der Waals surface area contributed by atoms with Crippen molar-refractivity contribution in [1.82, 2.24) is 10.6 Å². The fourth-order valence-corrected chi connectivity index (χ4v) is 3.79. The molecule has 2 aromatic heterocycles. The number of carbonyl (C=O) groups is 2. The number of rotatable bonds is 6. The summed E-state index contributed by atoms with van der Waals surface area (Å²) in [6, 6.07) is 13.2. The van der Waals surface area contributed by atoms with Gasteiger partial charge in [0.2, 0.25) is 5.69 Å². The molecule has 29 heavy (non-hydrogen) atoms. The highest BCUT2D eigenvalue weighted by molar-refractivity contribution is 7.99. The fourth-order valence-electron chi connectivity index (χ4n) is 2.87. The average molecular weight is 412 g/mol. The second-order valence-corrected chi connectivity index (χ2v) is 7.49. The van der Waals surface area contributed by atoms with E-state index in [0.717, 1.165) is 20.2 Å². The molecule has 0 radical (unpaired) electrons. The maximum absolute atomic E-state index is 11.9. The van der Waals surface area contributed by atoms with Gasteiger partial charge in [-0.25, -0.2) is 4.79 Å². The van der Waals surface area contributed by atoms with E-state index in [-0.39, 0.29) is 6.61 Å². The first-order chi connectivity index (χ1) is 14.0. The van der Waals surface area contributed by atoms with Crippen LogP contribution in [0.5, 0.6) is 5.75 Å². The zero-order valence-electron chi connectivity index (χ0n) is 15.4. The zero-order chi connectivity index (χ0) is 20.4. The standard InChI is InChI=1S/C20H17N3O5S/c1-12-3-2-4-13(23(12)26)11-28-14-5-7-15(8-6-14)29-16-9-10-27-18(16)17-19(24)22-20(25)21-17/h2-10,17H,11H2,1H3,(H2-,21,22,24,25,26)/p+1. The summed E-state index contributed by atoms with van der Waals surface area (Å²) in [7, 11) is 0. The van der Waals surface area contributed by atoms with Crippen LogP contribution in [0.4, 0.5) is 4.79 Å². The molecule has 0 spiro atoms. The topological polar surface area (TPSA) is 105 Å². The summed E-state index contributed by atoms with van der Waals surface area (Å²) in [6.45, 7) is 2.04. The number of benzene rings is 1. The Morgan fingerprint density at radius 2 is 1.97 bits per heavy atom. The van der Waals surface area contributed by atoms with E-state index in [2.05, 4.69) is 10.6 Å². The molecule has 0 bridgehead atoms. The number of nitrogens with zero attached hydrogens (tertiary/aromatic N) is 1. The van der Waals surface area contributed by atoms with Gasteiger partial charge in [0.05, 0.1) is 11.2 Å². The lowest BCUT2D eigenvalue weighted by atomic mass is 10.2. The van der Waals surface area contributed by atoms with E-state index in [9.17, 15) is 14.8 Å². The molecular weight excluding hydrogens is 394 g/mol. The Labute approximate surface area is 170 Å². The first-order valence-corrected chi connectivity index (χ1v) is 9.62. The molecule has 9 heteroatoms. The molecular formula is C20H18N3O5S+. The molecule has 4 rings (SSSR count). The summed E-state index contributed by atoms with van der Waals surface area (Å²) in [5.74, 6) is 0.615. The van der Waals surface area contributed by atoms with Crippen LogP contribution >= 0.6 is 11.8 Å². The van der Waals surface area contributed by atoms with Gasteiger partial charge in [-0.05, 0) is 36.4 Å². The Morgan fingerprint density at radius 3 is 2.69 bits per heavy atom. The number of nitrogens with one attached hydrogen (secondary N) is 2. The molecule has 1 aromatic carbocycles. The molecule has 1 saturated heterocycles. The third-order valence-electron chi connectivity index (χ3n) is 4.36. The van der Waals surface area contributed by atoms with Crippen molar-refractivity contribution in [2.75, 3.05) is 0 Å². The SMILES string of the molecule is Cc1cccc(COc2ccc(Sc3ccoc3C3NC(=O)NC3=O)cc2)[n+]1O. The summed E-state index contributed by atoms with van der Waals surface area (Å²) < 4.78 is 12.3. The van der Waals surface area contributed by atoms with Crippen LogP contribution in [0.1, 0.15) is 23.2 Å².